The minimum atomic E-state index is -0.188. The second kappa shape index (κ2) is 10.9. The van der Waals surface area contributed by atoms with E-state index in [1.165, 1.54) is 37.1 Å². The lowest BCUT2D eigenvalue weighted by molar-refractivity contribution is 0.562. The largest absolute Gasteiger partial charge is 0.313 e. The Bertz CT molecular complexity index is 514. The minimum absolute atomic E-state index is 0.188. The Morgan fingerprint density at radius 3 is 1.29 bits per heavy atom. The van der Waals surface area contributed by atoms with E-state index >= 15 is 0 Å². The molecule has 0 aliphatic carbocycles. The summed E-state index contributed by atoms with van der Waals surface area (Å²) in [7, 11) is 0. The van der Waals surface area contributed by atoms with E-state index in [0.717, 1.165) is 50.1 Å². The minimum Gasteiger partial charge on any atom is -0.313 e. The van der Waals surface area contributed by atoms with E-state index < -0.39 is 0 Å². The van der Waals surface area contributed by atoms with Crippen LogP contribution >= 0.6 is 0 Å². The van der Waals surface area contributed by atoms with Gasteiger partial charge in [-0.25, -0.2) is 8.78 Å². The normalized spacial score (nSPS) is 10.9. The van der Waals surface area contributed by atoms with Gasteiger partial charge in [-0.05, 0) is 61.3 Å². The number of nitrogens with one attached hydrogen (secondary N) is 2. The third-order valence-electron chi connectivity index (χ3n) is 3.94. The molecule has 0 spiro atoms. The molecule has 0 fully saturated rings. The summed E-state index contributed by atoms with van der Waals surface area (Å²) in [5.41, 5.74) is 2.22. The molecule has 0 saturated heterocycles. The van der Waals surface area contributed by atoms with Crippen LogP contribution in [0, 0.1) is 11.6 Å². The van der Waals surface area contributed by atoms with Crippen LogP contribution in [0.15, 0.2) is 48.5 Å². The van der Waals surface area contributed by atoms with E-state index in [0.29, 0.717) is 0 Å². The standard InChI is InChI=1S/C20H26F2N2/c21-19-9-5-17(6-10-19)15-23-13-3-1-2-4-14-24-16-18-7-11-20(22)12-8-18/h5-12,23-24H,1-4,13-16H2. The summed E-state index contributed by atoms with van der Waals surface area (Å²) in [6, 6.07) is 13.2. The van der Waals surface area contributed by atoms with Gasteiger partial charge in [-0.2, -0.15) is 0 Å². The van der Waals surface area contributed by atoms with Crippen molar-refractivity contribution in [1.82, 2.24) is 10.6 Å². The summed E-state index contributed by atoms with van der Waals surface area (Å²) in [6.07, 6.45) is 4.71. The summed E-state index contributed by atoms with van der Waals surface area (Å²) < 4.78 is 25.5. The lowest BCUT2D eigenvalue weighted by atomic mass is 10.1. The molecule has 24 heavy (non-hydrogen) atoms. The third kappa shape index (κ3) is 7.66. The SMILES string of the molecule is Fc1ccc(CNCCCCCCNCc2ccc(F)cc2)cc1. The molecule has 0 aliphatic heterocycles. The molecule has 0 radical (unpaired) electrons. The van der Waals surface area contributed by atoms with Gasteiger partial charge in [0, 0.05) is 13.1 Å². The van der Waals surface area contributed by atoms with Gasteiger partial charge >= 0.3 is 0 Å². The highest BCUT2D eigenvalue weighted by atomic mass is 19.1. The van der Waals surface area contributed by atoms with Crippen molar-refractivity contribution in [1.29, 1.82) is 0 Å². The van der Waals surface area contributed by atoms with Gasteiger partial charge in [-0.1, -0.05) is 37.1 Å². The summed E-state index contributed by atoms with van der Waals surface area (Å²) in [4.78, 5) is 0. The topological polar surface area (TPSA) is 24.1 Å². The molecule has 2 nitrogen and oxygen atoms in total. The number of hydrogen-bond acceptors (Lipinski definition) is 2. The molecular formula is C20H26F2N2. The van der Waals surface area contributed by atoms with E-state index in [2.05, 4.69) is 10.6 Å². The predicted molar refractivity (Wildman–Crippen MR) is 94.7 cm³/mol. The van der Waals surface area contributed by atoms with Gasteiger partial charge in [0.05, 0.1) is 0 Å². The van der Waals surface area contributed by atoms with Crippen LogP contribution < -0.4 is 10.6 Å². The zero-order valence-electron chi connectivity index (χ0n) is 14.0. The van der Waals surface area contributed by atoms with Gasteiger partial charge in [-0.15, -0.1) is 0 Å². The Balaban J connectivity index is 1.40. The van der Waals surface area contributed by atoms with Crippen molar-refractivity contribution < 1.29 is 8.78 Å². The first-order valence-corrected chi connectivity index (χ1v) is 8.64. The lowest BCUT2D eigenvalue weighted by Gasteiger charge is -2.06. The summed E-state index contributed by atoms with van der Waals surface area (Å²) >= 11 is 0. The van der Waals surface area contributed by atoms with Crippen LogP contribution in [0.1, 0.15) is 36.8 Å². The molecule has 130 valence electrons. The fraction of sp³-hybridized carbons (Fsp3) is 0.400. The second-order valence-electron chi connectivity index (χ2n) is 6.02. The van der Waals surface area contributed by atoms with Gasteiger partial charge in [0.2, 0.25) is 0 Å². The quantitative estimate of drug-likeness (QED) is 0.596. The molecule has 2 rings (SSSR count). The fourth-order valence-electron chi connectivity index (χ4n) is 2.52. The first-order chi connectivity index (χ1) is 11.7. The fourth-order valence-corrected chi connectivity index (χ4v) is 2.52. The lowest BCUT2D eigenvalue weighted by Crippen LogP contribution is -2.16. The van der Waals surface area contributed by atoms with Gasteiger partial charge < -0.3 is 10.6 Å². The number of rotatable bonds is 11. The third-order valence-corrected chi connectivity index (χ3v) is 3.94. The van der Waals surface area contributed by atoms with Crippen LogP contribution in [-0.4, -0.2) is 13.1 Å². The van der Waals surface area contributed by atoms with Crippen LogP contribution in [0.3, 0.4) is 0 Å². The average molecular weight is 332 g/mol. The molecule has 0 unspecified atom stereocenters. The Morgan fingerprint density at radius 1 is 0.542 bits per heavy atom. The summed E-state index contributed by atoms with van der Waals surface area (Å²) in [6.45, 7) is 3.56. The molecule has 0 aliphatic rings. The number of hydrogen-bond donors (Lipinski definition) is 2. The molecule has 2 N–H and O–H groups in total. The molecular weight excluding hydrogens is 306 g/mol. The van der Waals surface area contributed by atoms with Crippen LogP contribution in [0.5, 0.6) is 0 Å². The zero-order valence-corrected chi connectivity index (χ0v) is 14.0. The van der Waals surface area contributed by atoms with E-state index in [1.54, 1.807) is 0 Å². The van der Waals surface area contributed by atoms with E-state index in [-0.39, 0.29) is 11.6 Å². The van der Waals surface area contributed by atoms with Crippen LogP contribution in [0.25, 0.3) is 0 Å². The highest BCUT2D eigenvalue weighted by molar-refractivity contribution is 5.16. The van der Waals surface area contributed by atoms with Gasteiger partial charge in [0.15, 0.2) is 0 Å². The molecule has 0 saturated carbocycles. The molecule has 0 aromatic heterocycles. The van der Waals surface area contributed by atoms with Gasteiger partial charge in [0.1, 0.15) is 11.6 Å². The maximum absolute atomic E-state index is 12.8. The highest BCUT2D eigenvalue weighted by Gasteiger charge is 1.96. The van der Waals surface area contributed by atoms with Crippen molar-refractivity contribution in [3.8, 4) is 0 Å². The Labute approximate surface area is 143 Å². The number of benzene rings is 2. The van der Waals surface area contributed by atoms with Crippen LogP contribution in [0.2, 0.25) is 0 Å². The molecule has 2 aromatic carbocycles. The molecule has 0 atom stereocenters. The van der Waals surface area contributed by atoms with E-state index in [1.807, 2.05) is 24.3 Å². The summed E-state index contributed by atoms with van der Waals surface area (Å²) in [5.74, 6) is -0.376. The Kier molecular flexibility index (Phi) is 8.42. The van der Waals surface area contributed by atoms with Crippen molar-refractivity contribution in [2.75, 3.05) is 13.1 Å². The van der Waals surface area contributed by atoms with E-state index in [9.17, 15) is 8.78 Å². The maximum atomic E-state index is 12.8. The Morgan fingerprint density at radius 2 is 0.917 bits per heavy atom. The van der Waals surface area contributed by atoms with Crippen molar-refractivity contribution >= 4 is 0 Å². The van der Waals surface area contributed by atoms with Crippen molar-refractivity contribution in [2.45, 2.75) is 38.8 Å². The maximum Gasteiger partial charge on any atom is 0.123 e. The highest BCUT2D eigenvalue weighted by Crippen LogP contribution is 2.04. The van der Waals surface area contributed by atoms with Crippen molar-refractivity contribution in [2.24, 2.45) is 0 Å². The molecule has 4 heteroatoms. The second-order valence-corrected chi connectivity index (χ2v) is 6.02. The molecule has 0 amide bonds. The van der Waals surface area contributed by atoms with Crippen molar-refractivity contribution in [3.05, 3.63) is 71.3 Å². The predicted octanol–water partition coefficient (Wildman–Crippen LogP) is 4.40. The number of unbranched alkanes of at least 4 members (excludes halogenated alkanes) is 3. The monoisotopic (exact) mass is 332 g/mol. The zero-order chi connectivity index (χ0) is 17.0. The molecule has 0 heterocycles. The van der Waals surface area contributed by atoms with Crippen molar-refractivity contribution in [3.63, 3.8) is 0 Å². The van der Waals surface area contributed by atoms with Gasteiger partial charge in [-0.3, -0.25) is 0 Å². The average Bonchev–Trinajstić information content (AvgIpc) is 2.60. The van der Waals surface area contributed by atoms with Crippen LogP contribution in [-0.2, 0) is 13.1 Å². The number of halogens is 2. The molecule has 0 bridgehead atoms. The summed E-state index contributed by atoms with van der Waals surface area (Å²) in [5, 5.41) is 6.76. The first-order valence-electron chi connectivity index (χ1n) is 8.64. The molecule has 2 aromatic rings. The van der Waals surface area contributed by atoms with E-state index in [4.69, 9.17) is 0 Å². The van der Waals surface area contributed by atoms with Crippen LogP contribution in [0.4, 0.5) is 8.78 Å². The Hall–Kier alpha value is -1.78. The first kappa shape index (κ1) is 18.6. The smallest absolute Gasteiger partial charge is 0.123 e. The van der Waals surface area contributed by atoms with Gasteiger partial charge in [0.25, 0.3) is 0 Å².